The molecule has 0 spiro atoms. The molecule has 4 atom stereocenters. The molecule has 3 fully saturated rings. The highest BCUT2D eigenvalue weighted by Crippen LogP contribution is 2.49. The van der Waals surface area contributed by atoms with Crippen molar-refractivity contribution >= 4 is 17.0 Å². The third-order valence-electron chi connectivity index (χ3n) is 10.3. The quantitative estimate of drug-likeness (QED) is 0.289. The average Bonchev–Trinajstić information content (AvgIpc) is 3.56. The van der Waals surface area contributed by atoms with E-state index in [4.69, 9.17) is 4.63 Å². The van der Waals surface area contributed by atoms with Crippen LogP contribution in [0.25, 0.3) is 11.0 Å². The standard InChI is InChI=1S/C33H43N3O3/c37-33(38)30(18-24-7-5-8-24)27-20-28(29(21-27)26-10-2-1-3-11-26)22-36-16-14-23(15-17-36)6-4-9-25-12-13-31-32(19-25)35-39-34-31/h1-3,10-13,19,23-24,27-30H,4-9,14-18,20-22H2,(H,37,38)/t27?,28-,29-,30?/m1/s1. The zero-order valence-electron chi connectivity index (χ0n) is 23.1. The van der Waals surface area contributed by atoms with Crippen LogP contribution in [-0.2, 0) is 11.2 Å². The summed E-state index contributed by atoms with van der Waals surface area (Å²) < 4.78 is 4.83. The van der Waals surface area contributed by atoms with Gasteiger partial charge in [0.15, 0.2) is 0 Å². The van der Waals surface area contributed by atoms with Crippen LogP contribution in [0.3, 0.4) is 0 Å². The van der Waals surface area contributed by atoms with Gasteiger partial charge in [-0.15, -0.1) is 0 Å². The van der Waals surface area contributed by atoms with E-state index in [0.717, 1.165) is 49.2 Å². The Balaban J connectivity index is 1.02. The minimum Gasteiger partial charge on any atom is -0.481 e. The maximum Gasteiger partial charge on any atom is 0.306 e. The first-order valence-electron chi connectivity index (χ1n) is 15.3. The van der Waals surface area contributed by atoms with Gasteiger partial charge in [0.05, 0.1) is 5.92 Å². The van der Waals surface area contributed by atoms with Crippen molar-refractivity contribution in [1.82, 2.24) is 15.2 Å². The predicted molar refractivity (Wildman–Crippen MR) is 152 cm³/mol. The molecular formula is C33H43N3O3. The summed E-state index contributed by atoms with van der Waals surface area (Å²) in [5, 5.41) is 18.0. The lowest BCUT2D eigenvalue weighted by Crippen LogP contribution is -2.37. The van der Waals surface area contributed by atoms with Crippen LogP contribution in [-0.4, -0.2) is 45.9 Å². The van der Waals surface area contributed by atoms with Crippen molar-refractivity contribution in [3.05, 3.63) is 59.7 Å². The molecule has 2 heterocycles. The molecule has 1 N–H and O–H groups in total. The number of aryl methyl sites for hydroxylation is 1. The number of carbonyl (C=O) groups is 1. The summed E-state index contributed by atoms with van der Waals surface area (Å²) in [5.41, 5.74) is 4.40. The highest BCUT2D eigenvalue weighted by molar-refractivity contribution is 5.73. The zero-order chi connectivity index (χ0) is 26.6. The van der Waals surface area contributed by atoms with Crippen LogP contribution in [0.2, 0.25) is 0 Å². The first kappa shape index (κ1) is 26.5. The number of hydrogen-bond acceptors (Lipinski definition) is 5. The molecule has 208 valence electrons. The Morgan fingerprint density at radius 1 is 0.974 bits per heavy atom. The summed E-state index contributed by atoms with van der Waals surface area (Å²) in [5.74, 6) is 2.06. The van der Waals surface area contributed by atoms with Crippen molar-refractivity contribution in [2.24, 2.45) is 29.6 Å². The van der Waals surface area contributed by atoms with Crippen molar-refractivity contribution in [3.63, 3.8) is 0 Å². The molecule has 0 bridgehead atoms. The van der Waals surface area contributed by atoms with Gasteiger partial charge in [-0.2, -0.15) is 0 Å². The van der Waals surface area contributed by atoms with Gasteiger partial charge < -0.3 is 10.0 Å². The van der Waals surface area contributed by atoms with Crippen LogP contribution >= 0.6 is 0 Å². The van der Waals surface area contributed by atoms with Gasteiger partial charge in [0.2, 0.25) is 0 Å². The Morgan fingerprint density at radius 2 is 1.77 bits per heavy atom. The molecule has 2 unspecified atom stereocenters. The molecule has 2 aliphatic carbocycles. The molecule has 1 saturated heterocycles. The number of nitrogens with zero attached hydrogens (tertiary/aromatic N) is 3. The molecule has 2 saturated carbocycles. The highest BCUT2D eigenvalue weighted by Gasteiger charge is 2.43. The van der Waals surface area contributed by atoms with Gasteiger partial charge in [-0.05, 0) is 121 Å². The van der Waals surface area contributed by atoms with Crippen LogP contribution < -0.4 is 0 Å². The number of likely N-dealkylation sites (tertiary alicyclic amines) is 1. The molecular weight excluding hydrogens is 486 g/mol. The second-order valence-electron chi connectivity index (χ2n) is 12.7. The van der Waals surface area contributed by atoms with E-state index in [1.54, 1.807) is 0 Å². The number of hydrogen-bond donors (Lipinski definition) is 1. The van der Waals surface area contributed by atoms with Crippen LogP contribution in [0.1, 0.15) is 81.3 Å². The Bertz CT molecular complexity index is 1220. The molecule has 0 radical (unpaired) electrons. The molecule has 6 heteroatoms. The topological polar surface area (TPSA) is 79.5 Å². The fourth-order valence-corrected chi connectivity index (χ4v) is 7.76. The molecule has 1 aromatic heterocycles. The monoisotopic (exact) mass is 529 g/mol. The molecule has 6 rings (SSSR count). The van der Waals surface area contributed by atoms with Gasteiger partial charge in [0.25, 0.3) is 0 Å². The summed E-state index contributed by atoms with van der Waals surface area (Å²) in [6, 6.07) is 17.2. The lowest BCUT2D eigenvalue weighted by Gasteiger charge is -2.35. The number of carboxylic acid groups (broad SMARTS) is 1. The third-order valence-corrected chi connectivity index (χ3v) is 10.3. The fraction of sp³-hybridized carbons (Fsp3) is 0.606. The summed E-state index contributed by atoms with van der Waals surface area (Å²) in [4.78, 5) is 15.0. The van der Waals surface area contributed by atoms with E-state index < -0.39 is 5.97 Å². The largest absolute Gasteiger partial charge is 0.481 e. The van der Waals surface area contributed by atoms with E-state index >= 15 is 0 Å². The first-order valence-corrected chi connectivity index (χ1v) is 15.3. The number of benzene rings is 2. The second-order valence-corrected chi connectivity index (χ2v) is 12.7. The number of aromatic nitrogens is 2. The number of fused-ring (bicyclic) bond motifs is 1. The number of aliphatic carboxylic acids is 1. The summed E-state index contributed by atoms with van der Waals surface area (Å²) in [6.45, 7) is 3.47. The molecule has 3 aliphatic rings. The Morgan fingerprint density at radius 3 is 2.51 bits per heavy atom. The first-order chi connectivity index (χ1) is 19.1. The van der Waals surface area contributed by atoms with Gasteiger partial charge in [0, 0.05) is 6.54 Å². The van der Waals surface area contributed by atoms with Crippen molar-refractivity contribution in [3.8, 4) is 0 Å². The third kappa shape index (κ3) is 6.37. The molecule has 2 aromatic carbocycles. The summed E-state index contributed by atoms with van der Waals surface area (Å²) in [6.07, 6.45) is 12.8. The van der Waals surface area contributed by atoms with Gasteiger partial charge in [-0.25, -0.2) is 4.63 Å². The van der Waals surface area contributed by atoms with Gasteiger partial charge in [-0.3, -0.25) is 4.79 Å². The van der Waals surface area contributed by atoms with Crippen LogP contribution in [0.4, 0.5) is 0 Å². The van der Waals surface area contributed by atoms with Crippen molar-refractivity contribution in [1.29, 1.82) is 0 Å². The molecule has 6 nitrogen and oxygen atoms in total. The second kappa shape index (κ2) is 12.2. The van der Waals surface area contributed by atoms with E-state index in [2.05, 4.69) is 57.7 Å². The SMILES string of the molecule is O=C(O)C(CC1CCC1)C1C[C@H](CN2CCC(CCCc3ccc4nonc4c3)CC2)[C@@H](c2ccccc2)C1. The Hall–Kier alpha value is -2.73. The fourth-order valence-electron chi connectivity index (χ4n) is 7.76. The lowest BCUT2D eigenvalue weighted by atomic mass is 9.74. The smallest absolute Gasteiger partial charge is 0.306 e. The van der Waals surface area contributed by atoms with Gasteiger partial charge in [-0.1, -0.05) is 62.1 Å². The van der Waals surface area contributed by atoms with E-state index in [1.165, 1.54) is 69.2 Å². The zero-order valence-corrected chi connectivity index (χ0v) is 23.1. The molecule has 0 amide bonds. The number of carboxylic acids is 1. The van der Waals surface area contributed by atoms with E-state index in [-0.39, 0.29) is 5.92 Å². The van der Waals surface area contributed by atoms with E-state index in [9.17, 15) is 9.90 Å². The predicted octanol–water partition coefficient (Wildman–Crippen LogP) is 6.96. The van der Waals surface area contributed by atoms with Gasteiger partial charge >= 0.3 is 5.97 Å². The minimum atomic E-state index is -0.558. The maximum absolute atomic E-state index is 12.3. The summed E-state index contributed by atoms with van der Waals surface area (Å²) in [7, 11) is 0. The van der Waals surface area contributed by atoms with E-state index in [0.29, 0.717) is 23.7 Å². The maximum atomic E-state index is 12.3. The molecule has 3 aromatic rings. The molecule has 39 heavy (non-hydrogen) atoms. The van der Waals surface area contributed by atoms with Crippen LogP contribution in [0.5, 0.6) is 0 Å². The van der Waals surface area contributed by atoms with Crippen LogP contribution in [0, 0.1) is 29.6 Å². The van der Waals surface area contributed by atoms with Crippen LogP contribution in [0.15, 0.2) is 53.2 Å². The molecule has 1 aliphatic heterocycles. The van der Waals surface area contributed by atoms with Crippen molar-refractivity contribution in [2.75, 3.05) is 19.6 Å². The number of rotatable bonds is 11. The lowest BCUT2D eigenvalue weighted by molar-refractivity contribution is -0.144. The Labute approximate surface area is 232 Å². The summed E-state index contributed by atoms with van der Waals surface area (Å²) >= 11 is 0. The Kier molecular flexibility index (Phi) is 8.29. The van der Waals surface area contributed by atoms with Gasteiger partial charge in [0.1, 0.15) is 11.0 Å². The van der Waals surface area contributed by atoms with E-state index in [1.807, 2.05) is 6.07 Å². The number of piperidine rings is 1. The normalized spacial score (nSPS) is 25.6. The van der Waals surface area contributed by atoms with Crippen molar-refractivity contribution in [2.45, 2.75) is 76.5 Å². The highest BCUT2D eigenvalue weighted by atomic mass is 16.6. The average molecular weight is 530 g/mol. The van der Waals surface area contributed by atoms with Crippen molar-refractivity contribution < 1.29 is 14.5 Å². The minimum absolute atomic E-state index is 0.168.